The Morgan fingerprint density at radius 2 is 1.52 bits per heavy atom. The summed E-state index contributed by atoms with van der Waals surface area (Å²) in [6.07, 6.45) is 20.6. The molecule has 0 saturated heterocycles. The van der Waals surface area contributed by atoms with Gasteiger partial charge in [-0.25, -0.2) is 0 Å². The minimum Gasteiger partial charge on any atom is -0.0850 e. The molecule has 3 unspecified atom stereocenters. The van der Waals surface area contributed by atoms with Crippen LogP contribution in [-0.2, 0) is 0 Å². The highest BCUT2D eigenvalue weighted by molar-refractivity contribution is 5.11. The van der Waals surface area contributed by atoms with Crippen molar-refractivity contribution in [2.45, 2.75) is 90.9 Å². The van der Waals surface area contributed by atoms with Gasteiger partial charge in [-0.3, -0.25) is 0 Å². The second kappa shape index (κ2) is 6.93. The van der Waals surface area contributed by atoms with Crippen molar-refractivity contribution in [3.8, 4) is 0 Å². The molecule has 0 amide bonds. The van der Waals surface area contributed by atoms with E-state index in [4.69, 9.17) is 0 Å². The van der Waals surface area contributed by atoms with Gasteiger partial charge in [-0.2, -0.15) is 0 Å². The Morgan fingerprint density at radius 3 is 1.87 bits per heavy atom. The molecule has 3 atom stereocenters. The van der Waals surface area contributed by atoms with E-state index in [-0.39, 0.29) is 0 Å². The van der Waals surface area contributed by atoms with Crippen LogP contribution >= 0.6 is 0 Å². The third-order valence-electron chi connectivity index (χ3n) is 8.13. The zero-order valence-corrected chi connectivity index (χ0v) is 15.6. The molecule has 0 N–H and O–H groups in total. The fourth-order valence-corrected chi connectivity index (χ4v) is 6.03. The van der Waals surface area contributed by atoms with Crippen LogP contribution in [0.25, 0.3) is 0 Å². The number of rotatable bonds is 2. The van der Waals surface area contributed by atoms with Crippen LogP contribution in [0.2, 0.25) is 0 Å². The molecule has 0 aromatic rings. The molecule has 2 bridgehead atoms. The molecule has 0 radical (unpaired) electrons. The summed E-state index contributed by atoms with van der Waals surface area (Å²) in [7, 11) is 0. The molecule has 0 aliphatic heterocycles. The number of allylic oxidation sites excluding steroid dienone is 2. The van der Waals surface area contributed by atoms with Crippen molar-refractivity contribution < 1.29 is 0 Å². The normalized spacial score (nSPS) is 45.0. The van der Waals surface area contributed by atoms with Crippen LogP contribution in [0.5, 0.6) is 0 Å². The molecule has 6 saturated carbocycles. The first kappa shape index (κ1) is 16.2. The monoisotopic (exact) mass is 314 g/mol. The van der Waals surface area contributed by atoms with E-state index in [1.54, 1.807) is 44.1 Å². The van der Waals surface area contributed by atoms with Crippen molar-refractivity contribution in [2.24, 2.45) is 41.4 Å². The summed E-state index contributed by atoms with van der Waals surface area (Å²) < 4.78 is 0. The third kappa shape index (κ3) is 3.88. The van der Waals surface area contributed by atoms with E-state index >= 15 is 0 Å². The average Bonchev–Trinajstić information content (AvgIpc) is 3.18. The summed E-state index contributed by atoms with van der Waals surface area (Å²) in [4.78, 5) is 0. The van der Waals surface area contributed by atoms with E-state index in [0.29, 0.717) is 0 Å². The Balaban J connectivity index is 0.0000000914. The molecule has 7 aliphatic rings. The molecule has 0 aromatic carbocycles. The number of hydrogen-bond acceptors (Lipinski definition) is 0. The lowest BCUT2D eigenvalue weighted by molar-refractivity contribution is 0.304. The van der Waals surface area contributed by atoms with Crippen LogP contribution < -0.4 is 0 Å². The van der Waals surface area contributed by atoms with Gasteiger partial charge < -0.3 is 0 Å². The smallest absolute Gasteiger partial charge is 0.0286 e. The van der Waals surface area contributed by atoms with Crippen LogP contribution in [0.4, 0.5) is 0 Å². The van der Waals surface area contributed by atoms with Crippen LogP contribution in [-0.4, -0.2) is 0 Å². The third-order valence-corrected chi connectivity index (χ3v) is 8.13. The van der Waals surface area contributed by atoms with Crippen molar-refractivity contribution in [1.82, 2.24) is 0 Å². The van der Waals surface area contributed by atoms with Crippen molar-refractivity contribution in [3.63, 3.8) is 0 Å². The van der Waals surface area contributed by atoms with E-state index in [2.05, 4.69) is 19.9 Å². The highest BCUT2D eigenvalue weighted by Crippen LogP contribution is 2.56. The van der Waals surface area contributed by atoms with Crippen molar-refractivity contribution in [3.05, 3.63) is 11.6 Å². The zero-order chi connectivity index (χ0) is 15.8. The molecular weight excluding hydrogens is 276 g/mol. The molecule has 6 fully saturated rings. The Labute approximate surface area is 144 Å². The first-order valence-electron chi connectivity index (χ1n) is 10.9. The molecule has 0 spiro atoms. The summed E-state index contributed by atoms with van der Waals surface area (Å²) in [6.45, 7) is 4.68. The predicted octanol–water partition coefficient (Wildman–Crippen LogP) is 7.00. The molecule has 7 aliphatic carbocycles. The van der Waals surface area contributed by atoms with Gasteiger partial charge in [-0.1, -0.05) is 44.8 Å². The maximum Gasteiger partial charge on any atom is -0.0286 e. The topological polar surface area (TPSA) is 0 Å². The van der Waals surface area contributed by atoms with E-state index < -0.39 is 0 Å². The SMILES string of the molecule is C1CC2CC1C2.CC1C2CCCC12.CCC1=CCC(C2CC2)C1. The number of hydrogen-bond donors (Lipinski definition) is 0. The molecule has 0 heterocycles. The van der Waals surface area contributed by atoms with Crippen LogP contribution in [0.1, 0.15) is 90.9 Å². The molecular formula is C23H38. The van der Waals surface area contributed by atoms with E-state index in [0.717, 1.165) is 17.8 Å². The van der Waals surface area contributed by atoms with Gasteiger partial charge in [0, 0.05) is 0 Å². The minimum atomic E-state index is 1.06. The Hall–Kier alpha value is -0.260. The van der Waals surface area contributed by atoms with E-state index in [1.165, 1.54) is 62.2 Å². The van der Waals surface area contributed by atoms with E-state index in [9.17, 15) is 0 Å². The van der Waals surface area contributed by atoms with Crippen molar-refractivity contribution in [1.29, 1.82) is 0 Å². The highest BCUT2D eigenvalue weighted by atomic mass is 14.5. The predicted molar refractivity (Wildman–Crippen MR) is 99.3 cm³/mol. The average molecular weight is 315 g/mol. The minimum absolute atomic E-state index is 1.06. The lowest BCUT2D eigenvalue weighted by Crippen LogP contribution is -2.09. The van der Waals surface area contributed by atoms with Gasteiger partial charge in [0.05, 0.1) is 0 Å². The zero-order valence-electron chi connectivity index (χ0n) is 15.6. The van der Waals surface area contributed by atoms with Crippen LogP contribution in [0.3, 0.4) is 0 Å². The quantitative estimate of drug-likeness (QED) is 0.481. The maximum atomic E-state index is 2.48. The first-order valence-corrected chi connectivity index (χ1v) is 10.9. The fourth-order valence-electron chi connectivity index (χ4n) is 6.03. The lowest BCUT2D eigenvalue weighted by Gasteiger charge is -2.21. The molecule has 7 rings (SSSR count). The molecule has 130 valence electrons. The number of fused-ring (bicyclic) bond motifs is 2. The van der Waals surface area contributed by atoms with Gasteiger partial charge in [-0.15, -0.1) is 0 Å². The Kier molecular flexibility index (Phi) is 4.89. The maximum absolute atomic E-state index is 2.48. The summed E-state index contributed by atoms with van der Waals surface area (Å²) in [6, 6.07) is 0. The molecule has 0 aromatic heterocycles. The molecule has 0 nitrogen and oxygen atoms in total. The van der Waals surface area contributed by atoms with Crippen LogP contribution in [0, 0.1) is 41.4 Å². The highest BCUT2D eigenvalue weighted by Gasteiger charge is 2.48. The second-order valence-corrected chi connectivity index (χ2v) is 9.65. The van der Waals surface area contributed by atoms with Gasteiger partial charge in [0.1, 0.15) is 0 Å². The summed E-state index contributed by atoms with van der Waals surface area (Å²) in [5.74, 6) is 8.05. The van der Waals surface area contributed by atoms with Gasteiger partial charge in [0.15, 0.2) is 0 Å². The summed E-state index contributed by atoms with van der Waals surface area (Å²) >= 11 is 0. The van der Waals surface area contributed by atoms with Crippen LogP contribution in [0.15, 0.2) is 11.6 Å². The van der Waals surface area contributed by atoms with Gasteiger partial charge >= 0.3 is 0 Å². The Bertz CT molecular complexity index is 400. The van der Waals surface area contributed by atoms with Crippen molar-refractivity contribution in [2.75, 3.05) is 0 Å². The molecule has 0 heteroatoms. The van der Waals surface area contributed by atoms with E-state index in [1.807, 2.05) is 0 Å². The largest absolute Gasteiger partial charge is 0.0850 e. The van der Waals surface area contributed by atoms with Gasteiger partial charge in [-0.05, 0) is 99.2 Å². The second-order valence-electron chi connectivity index (χ2n) is 9.65. The Morgan fingerprint density at radius 1 is 0.870 bits per heavy atom. The van der Waals surface area contributed by atoms with Gasteiger partial charge in [0.2, 0.25) is 0 Å². The first-order chi connectivity index (χ1) is 11.2. The summed E-state index contributed by atoms with van der Waals surface area (Å²) in [5, 5.41) is 0. The lowest BCUT2D eigenvalue weighted by atomic mass is 9.85. The molecule has 23 heavy (non-hydrogen) atoms. The standard InChI is InChI=1S/C10H16.C7H12.C6H10/c1-2-8-3-4-10(7-8)9-5-6-9;1-5-6-3-2-4-7(5)6;1-2-6-3-5(1)4-6/h3,9-10H,2,4-7H2,1H3;5-7H,2-4H2,1H3;5-6H,1-4H2. The van der Waals surface area contributed by atoms with Gasteiger partial charge in [0.25, 0.3) is 0 Å². The summed E-state index contributed by atoms with van der Waals surface area (Å²) in [5.41, 5.74) is 1.72. The van der Waals surface area contributed by atoms with Crippen molar-refractivity contribution >= 4 is 0 Å². The fraction of sp³-hybridized carbons (Fsp3) is 0.913.